The summed E-state index contributed by atoms with van der Waals surface area (Å²) in [6.07, 6.45) is 2.41. The predicted molar refractivity (Wildman–Crippen MR) is 72.5 cm³/mol. The first-order chi connectivity index (χ1) is 8.68. The van der Waals surface area contributed by atoms with Gasteiger partial charge >= 0.3 is 6.16 Å². The van der Waals surface area contributed by atoms with Gasteiger partial charge in [0.1, 0.15) is 0 Å². The van der Waals surface area contributed by atoms with E-state index in [0.717, 1.165) is 0 Å². The quantitative estimate of drug-likeness (QED) is 0.780. The van der Waals surface area contributed by atoms with Crippen LogP contribution >= 0.6 is 0 Å². The second-order valence-electron chi connectivity index (χ2n) is 3.44. The Morgan fingerprint density at radius 1 is 0.722 bits per heavy atom. The third-order valence-electron chi connectivity index (χ3n) is 2.07. The Hall–Kier alpha value is -2.55. The van der Waals surface area contributed by atoms with Gasteiger partial charge in [-0.25, -0.2) is 4.79 Å². The van der Waals surface area contributed by atoms with Crippen molar-refractivity contribution in [3.8, 4) is 0 Å². The molecule has 3 nitrogen and oxygen atoms in total. The largest absolute Gasteiger partial charge is 0.503 e. The molecular weight excluding hydrogens is 228 g/mol. The maximum absolute atomic E-state index is 8.56. The lowest BCUT2D eigenvalue weighted by Crippen LogP contribution is -1.81. The minimum Gasteiger partial charge on any atom is -0.450 e. The van der Waals surface area contributed by atoms with Crippen molar-refractivity contribution in [1.82, 2.24) is 0 Å². The average Bonchev–Trinajstić information content (AvgIpc) is 2.38. The van der Waals surface area contributed by atoms with Crippen molar-refractivity contribution in [3.05, 3.63) is 71.8 Å². The number of carbonyl (C=O) groups is 1. The standard InChI is InChI=1S/C14H12.CH2O3/c1-3-7-13(8-4-1)11-12-14-9-5-2-6-10-14;2-1(3)4/h1-12H;(H2,2,3,4)/b12-11+;. The Morgan fingerprint density at radius 3 is 1.28 bits per heavy atom. The molecule has 2 rings (SSSR count). The van der Waals surface area contributed by atoms with Crippen LogP contribution in [0.1, 0.15) is 11.1 Å². The van der Waals surface area contributed by atoms with E-state index in [1.807, 2.05) is 36.4 Å². The van der Waals surface area contributed by atoms with Gasteiger partial charge in [0.05, 0.1) is 0 Å². The summed E-state index contributed by atoms with van der Waals surface area (Å²) >= 11 is 0. The van der Waals surface area contributed by atoms with Crippen molar-refractivity contribution in [1.29, 1.82) is 0 Å². The van der Waals surface area contributed by atoms with Crippen LogP contribution in [0.4, 0.5) is 4.79 Å². The number of rotatable bonds is 2. The van der Waals surface area contributed by atoms with Gasteiger partial charge in [-0.2, -0.15) is 0 Å². The summed E-state index contributed by atoms with van der Waals surface area (Å²) in [4.78, 5) is 8.56. The average molecular weight is 242 g/mol. The molecule has 0 aliphatic rings. The van der Waals surface area contributed by atoms with E-state index in [1.54, 1.807) is 0 Å². The second kappa shape index (κ2) is 7.68. The summed E-state index contributed by atoms with van der Waals surface area (Å²) in [5.74, 6) is 0. The third kappa shape index (κ3) is 6.12. The van der Waals surface area contributed by atoms with Crippen molar-refractivity contribution in [2.24, 2.45) is 0 Å². The molecule has 0 saturated heterocycles. The molecule has 0 radical (unpaired) electrons. The van der Waals surface area contributed by atoms with Gasteiger partial charge in [0.2, 0.25) is 0 Å². The molecule has 3 heteroatoms. The fourth-order valence-electron chi connectivity index (χ4n) is 1.32. The Bertz CT molecular complexity index is 444. The Balaban J connectivity index is 0.000000357. The first-order valence-corrected chi connectivity index (χ1v) is 5.38. The van der Waals surface area contributed by atoms with Crippen molar-refractivity contribution >= 4 is 18.3 Å². The van der Waals surface area contributed by atoms with Gasteiger partial charge in [-0.3, -0.25) is 0 Å². The van der Waals surface area contributed by atoms with Crippen LogP contribution in [-0.4, -0.2) is 16.4 Å². The molecule has 0 atom stereocenters. The van der Waals surface area contributed by atoms with Gasteiger partial charge in [0, 0.05) is 0 Å². The van der Waals surface area contributed by atoms with Gasteiger partial charge in [-0.1, -0.05) is 72.8 Å². The zero-order valence-electron chi connectivity index (χ0n) is 9.73. The Labute approximate surface area is 106 Å². The van der Waals surface area contributed by atoms with Gasteiger partial charge in [0.15, 0.2) is 0 Å². The Morgan fingerprint density at radius 2 is 1.00 bits per heavy atom. The lowest BCUT2D eigenvalue weighted by Gasteiger charge is -1.92. The molecule has 18 heavy (non-hydrogen) atoms. The molecule has 0 unspecified atom stereocenters. The summed E-state index contributed by atoms with van der Waals surface area (Å²) in [6, 6.07) is 20.6. The molecular formula is C15H14O3. The minimum atomic E-state index is -1.83. The summed E-state index contributed by atoms with van der Waals surface area (Å²) in [7, 11) is 0. The lowest BCUT2D eigenvalue weighted by atomic mass is 10.1. The molecule has 0 aromatic heterocycles. The maximum Gasteiger partial charge on any atom is 0.503 e. The van der Waals surface area contributed by atoms with E-state index in [1.165, 1.54) is 11.1 Å². The molecule has 92 valence electrons. The van der Waals surface area contributed by atoms with E-state index in [9.17, 15) is 0 Å². The molecule has 0 saturated carbocycles. The van der Waals surface area contributed by atoms with Crippen LogP contribution in [0.15, 0.2) is 60.7 Å². The molecule has 0 spiro atoms. The summed E-state index contributed by atoms with van der Waals surface area (Å²) in [5, 5.41) is 13.9. The van der Waals surface area contributed by atoms with Crippen LogP contribution in [-0.2, 0) is 0 Å². The Kier molecular flexibility index (Phi) is 5.77. The van der Waals surface area contributed by atoms with Crippen molar-refractivity contribution in [2.45, 2.75) is 0 Å². The van der Waals surface area contributed by atoms with Crippen molar-refractivity contribution in [2.75, 3.05) is 0 Å². The van der Waals surface area contributed by atoms with E-state index in [2.05, 4.69) is 36.4 Å². The topological polar surface area (TPSA) is 57.5 Å². The highest BCUT2D eigenvalue weighted by Gasteiger charge is 1.84. The SMILES string of the molecule is C(=C\c1ccccc1)/c1ccccc1.O=C(O)O. The van der Waals surface area contributed by atoms with E-state index in [-0.39, 0.29) is 0 Å². The molecule has 0 aliphatic carbocycles. The number of benzene rings is 2. The lowest BCUT2D eigenvalue weighted by molar-refractivity contribution is 0.137. The predicted octanol–water partition coefficient (Wildman–Crippen LogP) is 4.08. The number of hydrogen-bond donors (Lipinski definition) is 2. The zero-order chi connectivity index (χ0) is 13.2. The third-order valence-corrected chi connectivity index (χ3v) is 2.07. The molecule has 0 fully saturated rings. The molecule has 0 heterocycles. The van der Waals surface area contributed by atoms with Crippen LogP contribution in [0, 0.1) is 0 Å². The minimum absolute atomic E-state index is 1.23. The highest BCUT2D eigenvalue weighted by molar-refractivity contribution is 5.69. The second-order valence-corrected chi connectivity index (χ2v) is 3.44. The van der Waals surface area contributed by atoms with E-state index >= 15 is 0 Å². The highest BCUT2D eigenvalue weighted by atomic mass is 16.6. The maximum atomic E-state index is 8.56. The van der Waals surface area contributed by atoms with Crippen LogP contribution in [0.3, 0.4) is 0 Å². The molecule has 0 amide bonds. The van der Waals surface area contributed by atoms with Crippen molar-refractivity contribution < 1.29 is 15.0 Å². The number of hydrogen-bond acceptors (Lipinski definition) is 1. The summed E-state index contributed by atoms with van der Waals surface area (Å²) < 4.78 is 0. The molecule has 2 aromatic rings. The monoisotopic (exact) mass is 242 g/mol. The van der Waals surface area contributed by atoms with Gasteiger partial charge in [0.25, 0.3) is 0 Å². The first kappa shape index (κ1) is 13.5. The smallest absolute Gasteiger partial charge is 0.450 e. The highest BCUT2D eigenvalue weighted by Crippen LogP contribution is 2.06. The normalized spacial score (nSPS) is 9.56. The molecule has 0 aliphatic heterocycles. The number of carboxylic acid groups (broad SMARTS) is 2. The van der Waals surface area contributed by atoms with Crippen molar-refractivity contribution in [3.63, 3.8) is 0 Å². The van der Waals surface area contributed by atoms with E-state index in [4.69, 9.17) is 15.0 Å². The van der Waals surface area contributed by atoms with Crippen LogP contribution in [0.5, 0.6) is 0 Å². The van der Waals surface area contributed by atoms with Crippen LogP contribution in [0.25, 0.3) is 12.2 Å². The fourth-order valence-corrected chi connectivity index (χ4v) is 1.32. The summed E-state index contributed by atoms with van der Waals surface area (Å²) in [6.45, 7) is 0. The first-order valence-electron chi connectivity index (χ1n) is 5.38. The molecule has 0 bridgehead atoms. The van der Waals surface area contributed by atoms with E-state index in [0.29, 0.717) is 0 Å². The molecule has 2 N–H and O–H groups in total. The van der Waals surface area contributed by atoms with Crippen LogP contribution < -0.4 is 0 Å². The van der Waals surface area contributed by atoms with E-state index < -0.39 is 6.16 Å². The molecule has 2 aromatic carbocycles. The van der Waals surface area contributed by atoms with Gasteiger partial charge in [-0.15, -0.1) is 0 Å². The zero-order valence-corrected chi connectivity index (χ0v) is 9.73. The van der Waals surface area contributed by atoms with Crippen LogP contribution in [0.2, 0.25) is 0 Å². The van der Waals surface area contributed by atoms with Gasteiger partial charge in [-0.05, 0) is 11.1 Å². The fraction of sp³-hybridized carbons (Fsp3) is 0. The summed E-state index contributed by atoms with van der Waals surface area (Å²) in [5.41, 5.74) is 2.47. The van der Waals surface area contributed by atoms with Gasteiger partial charge < -0.3 is 10.2 Å².